The largest absolute Gasteiger partial charge is 0.478 e. The van der Waals surface area contributed by atoms with Crippen molar-refractivity contribution < 1.29 is 14.3 Å². The molecule has 0 bridgehead atoms. The molecule has 1 aromatic carbocycles. The first-order chi connectivity index (χ1) is 6.59. The van der Waals surface area contributed by atoms with Crippen LogP contribution in [0.25, 0.3) is 10.9 Å². The Hall–Kier alpha value is -1.91. The van der Waals surface area contributed by atoms with Crippen molar-refractivity contribution in [2.24, 2.45) is 7.05 Å². The number of benzene rings is 1. The Morgan fingerprint density at radius 2 is 2.29 bits per heavy atom. The number of aromatic nitrogens is 2. The molecule has 0 saturated carbocycles. The Morgan fingerprint density at radius 1 is 1.57 bits per heavy atom. The molecule has 0 amide bonds. The van der Waals surface area contributed by atoms with E-state index in [1.165, 1.54) is 23.0 Å². The SMILES string of the molecule is Cn1ncc2cc(F)c(C(=O)O)cc21. The van der Waals surface area contributed by atoms with Crippen LogP contribution in [0, 0.1) is 5.82 Å². The Balaban J connectivity index is 2.80. The minimum atomic E-state index is -1.27. The highest BCUT2D eigenvalue weighted by molar-refractivity contribution is 5.93. The number of carboxylic acid groups (broad SMARTS) is 1. The average molecular weight is 194 g/mol. The fourth-order valence-corrected chi connectivity index (χ4v) is 1.34. The van der Waals surface area contributed by atoms with Crippen LogP contribution in [0.1, 0.15) is 10.4 Å². The van der Waals surface area contributed by atoms with Crippen LogP contribution in [0.4, 0.5) is 4.39 Å². The van der Waals surface area contributed by atoms with Gasteiger partial charge >= 0.3 is 5.97 Å². The van der Waals surface area contributed by atoms with Gasteiger partial charge in [0.1, 0.15) is 5.82 Å². The number of hydrogen-bond donors (Lipinski definition) is 1. The number of aryl methyl sites for hydroxylation is 1. The van der Waals surface area contributed by atoms with Crippen LogP contribution < -0.4 is 0 Å². The second kappa shape index (κ2) is 2.80. The lowest BCUT2D eigenvalue weighted by atomic mass is 10.1. The van der Waals surface area contributed by atoms with E-state index in [0.29, 0.717) is 10.9 Å². The zero-order valence-electron chi connectivity index (χ0n) is 7.36. The smallest absolute Gasteiger partial charge is 0.338 e. The van der Waals surface area contributed by atoms with E-state index in [1.807, 2.05) is 0 Å². The number of fused-ring (bicyclic) bond motifs is 1. The van der Waals surface area contributed by atoms with Gasteiger partial charge < -0.3 is 5.11 Å². The van der Waals surface area contributed by atoms with E-state index in [1.54, 1.807) is 7.05 Å². The first-order valence-electron chi connectivity index (χ1n) is 3.94. The highest BCUT2D eigenvalue weighted by Gasteiger charge is 2.12. The molecule has 2 aromatic rings. The molecule has 0 fully saturated rings. The van der Waals surface area contributed by atoms with Crippen LogP contribution in [0.5, 0.6) is 0 Å². The third-order valence-electron chi connectivity index (χ3n) is 2.07. The molecule has 72 valence electrons. The second-order valence-corrected chi connectivity index (χ2v) is 2.96. The molecule has 0 saturated heterocycles. The van der Waals surface area contributed by atoms with Crippen molar-refractivity contribution in [1.29, 1.82) is 0 Å². The molecule has 2 rings (SSSR count). The van der Waals surface area contributed by atoms with E-state index in [9.17, 15) is 9.18 Å². The summed E-state index contributed by atoms with van der Waals surface area (Å²) in [7, 11) is 1.67. The summed E-state index contributed by atoms with van der Waals surface area (Å²) < 4.78 is 14.7. The van der Waals surface area contributed by atoms with Crippen molar-refractivity contribution in [2.75, 3.05) is 0 Å². The quantitative estimate of drug-likeness (QED) is 0.746. The van der Waals surface area contributed by atoms with Crippen molar-refractivity contribution in [3.05, 3.63) is 29.7 Å². The summed E-state index contributed by atoms with van der Waals surface area (Å²) >= 11 is 0. The molecule has 1 aromatic heterocycles. The van der Waals surface area contributed by atoms with Crippen LogP contribution in [0.2, 0.25) is 0 Å². The molecule has 1 heterocycles. The molecule has 5 heteroatoms. The van der Waals surface area contributed by atoms with E-state index < -0.39 is 11.8 Å². The third-order valence-corrected chi connectivity index (χ3v) is 2.07. The minimum absolute atomic E-state index is 0.332. The van der Waals surface area contributed by atoms with E-state index in [0.717, 1.165) is 0 Å². The second-order valence-electron chi connectivity index (χ2n) is 2.96. The summed E-state index contributed by atoms with van der Waals surface area (Å²) in [5, 5.41) is 13.2. The molecule has 1 N–H and O–H groups in total. The van der Waals surface area contributed by atoms with Gasteiger partial charge in [-0.25, -0.2) is 9.18 Å². The van der Waals surface area contributed by atoms with Crippen LogP contribution in [-0.2, 0) is 7.05 Å². The summed E-state index contributed by atoms with van der Waals surface area (Å²) in [5.41, 5.74) is 0.268. The molecule has 0 aliphatic rings. The van der Waals surface area contributed by atoms with E-state index >= 15 is 0 Å². The Bertz CT molecular complexity index is 519. The van der Waals surface area contributed by atoms with Crippen LogP contribution in [0.15, 0.2) is 18.3 Å². The first kappa shape index (κ1) is 8.68. The van der Waals surface area contributed by atoms with Gasteiger partial charge in [-0.1, -0.05) is 0 Å². The number of carboxylic acids is 1. The van der Waals surface area contributed by atoms with Gasteiger partial charge in [0, 0.05) is 12.4 Å². The van der Waals surface area contributed by atoms with E-state index in [-0.39, 0.29) is 5.56 Å². The van der Waals surface area contributed by atoms with Gasteiger partial charge in [-0.15, -0.1) is 0 Å². The normalized spacial score (nSPS) is 10.7. The van der Waals surface area contributed by atoms with Crippen molar-refractivity contribution in [2.45, 2.75) is 0 Å². The molecule has 0 aliphatic heterocycles. The Kier molecular flexibility index (Phi) is 1.73. The van der Waals surface area contributed by atoms with Crippen LogP contribution in [0.3, 0.4) is 0 Å². The number of halogens is 1. The molecular formula is C9H7FN2O2. The lowest BCUT2D eigenvalue weighted by molar-refractivity contribution is 0.0692. The van der Waals surface area contributed by atoms with Gasteiger partial charge in [-0.05, 0) is 12.1 Å². The standard InChI is InChI=1S/C9H7FN2O2/c1-12-8-3-6(9(13)14)7(10)2-5(8)4-11-12/h2-4H,1H3,(H,13,14). The number of carbonyl (C=O) groups is 1. The lowest BCUT2D eigenvalue weighted by Gasteiger charge is -1.98. The van der Waals surface area contributed by atoms with Crippen LogP contribution >= 0.6 is 0 Å². The van der Waals surface area contributed by atoms with E-state index in [4.69, 9.17) is 5.11 Å². The van der Waals surface area contributed by atoms with Gasteiger partial charge in [-0.2, -0.15) is 5.10 Å². The predicted octanol–water partition coefficient (Wildman–Crippen LogP) is 1.41. The average Bonchev–Trinajstić information content (AvgIpc) is 2.46. The summed E-state index contributed by atoms with van der Waals surface area (Å²) in [4.78, 5) is 10.6. The molecule has 14 heavy (non-hydrogen) atoms. The molecular weight excluding hydrogens is 187 g/mol. The van der Waals surface area contributed by atoms with Gasteiger partial charge in [0.2, 0.25) is 0 Å². The first-order valence-corrected chi connectivity index (χ1v) is 3.94. The van der Waals surface area contributed by atoms with Gasteiger partial charge in [-0.3, -0.25) is 4.68 Å². The molecule has 0 aliphatic carbocycles. The summed E-state index contributed by atoms with van der Waals surface area (Å²) in [6.45, 7) is 0. The number of nitrogens with zero attached hydrogens (tertiary/aromatic N) is 2. The monoisotopic (exact) mass is 194 g/mol. The van der Waals surface area contributed by atoms with Crippen molar-refractivity contribution in [3.8, 4) is 0 Å². The maximum absolute atomic E-state index is 13.2. The van der Waals surface area contributed by atoms with Gasteiger partial charge in [0.05, 0.1) is 17.3 Å². The van der Waals surface area contributed by atoms with Crippen LogP contribution in [-0.4, -0.2) is 20.9 Å². The van der Waals surface area contributed by atoms with Crippen molar-refractivity contribution in [1.82, 2.24) is 9.78 Å². The molecule has 0 radical (unpaired) electrons. The Morgan fingerprint density at radius 3 is 2.93 bits per heavy atom. The number of hydrogen-bond acceptors (Lipinski definition) is 2. The molecule has 0 atom stereocenters. The fourth-order valence-electron chi connectivity index (χ4n) is 1.34. The maximum atomic E-state index is 13.2. The lowest BCUT2D eigenvalue weighted by Crippen LogP contribution is -2.01. The Labute approximate surface area is 78.6 Å². The van der Waals surface area contributed by atoms with E-state index in [2.05, 4.69) is 5.10 Å². The van der Waals surface area contributed by atoms with Crippen molar-refractivity contribution >= 4 is 16.9 Å². The zero-order valence-corrected chi connectivity index (χ0v) is 7.36. The highest BCUT2D eigenvalue weighted by atomic mass is 19.1. The topological polar surface area (TPSA) is 55.1 Å². The highest BCUT2D eigenvalue weighted by Crippen LogP contribution is 2.18. The maximum Gasteiger partial charge on any atom is 0.338 e. The van der Waals surface area contributed by atoms with Gasteiger partial charge in [0.25, 0.3) is 0 Å². The molecule has 4 nitrogen and oxygen atoms in total. The summed E-state index contributed by atoms with van der Waals surface area (Å²) in [6, 6.07) is 2.45. The fraction of sp³-hybridized carbons (Fsp3) is 0.111. The third kappa shape index (κ3) is 1.14. The summed E-state index contributed by atoms with van der Waals surface area (Å²) in [5.74, 6) is -2.01. The predicted molar refractivity (Wildman–Crippen MR) is 47.6 cm³/mol. The number of aromatic carboxylic acids is 1. The minimum Gasteiger partial charge on any atom is -0.478 e. The zero-order chi connectivity index (χ0) is 10.3. The molecule has 0 spiro atoms. The van der Waals surface area contributed by atoms with Gasteiger partial charge in [0.15, 0.2) is 0 Å². The molecule has 0 unspecified atom stereocenters. The summed E-state index contributed by atoms with van der Waals surface area (Å²) in [6.07, 6.45) is 1.49. The number of rotatable bonds is 1. The van der Waals surface area contributed by atoms with Crippen molar-refractivity contribution in [3.63, 3.8) is 0 Å².